The molecule has 6 heteroatoms. The van der Waals surface area contributed by atoms with Gasteiger partial charge in [0.05, 0.1) is 5.69 Å². The summed E-state index contributed by atoms with van der Waals surface area (Å²) in [5, 5.41) is 10.0. The van der Waals surface area contributed by atoms with Crippen molar-refractivity contribution in [3.8, 4) is 22.4 Å². The first-order valence-corrected chi connectivity index (χ1v) is 9.32. The van der Waals surface area contributed by atoms with E-state index in [1.807, 2.05) is 60.7 Å². The van der Waals surface area contributed by atoms with Crippen LogP contribution < -0.4 is 10.9 Å². The van der Waals surface area contributed by atoms with Gasteiger partial charge in [-0.15, -0.1) is 0 Å². The molecule has 1 aromatic heterocycles. The molecule has 0 spiro atoms. The largest absolute Gasteiger partial charge is 0.322 e. The SMILES string of the molecule is O=C(Nc1ccc(Cl)cc1)c1c(-c2ccccc2)c(-c2ccccc2)n[nH]c1=O. The Morgan fingerprint density at radius 1 is 0.828 bits per heavy atom. The van der Waals surface area contributed by atoms with Crippen LogP contribution in [0.15, 0.2) is 89.7 Å². The van der Waals surface area contributed by atoms with Crippen molar-refractivity contribution in [3.63, 3.8) is 0 Å². The van der Waals surface area contributed by atoms with Gasteiger partial charge in [0, 0.05) is 21.8 Å². The normalized spacial score (nSPS) is 10.5. The van der Waals surface area contributed by atoms with Gasteiger partial charge in [0.2, 0.25) is 0 Å². The lowest BCUT2D eigenvalue weighted by atomic mass is 9.95. The molecule has 0 aliphatic rings. The maximum atomic E-state index is 13.1. The molecular weight excluding hydrogens is 386 g/mol. The van der Waals surface area contributed by atoms with Crippen molar-refractivity contribution in [2.45, 2.75) is 0 Å². The number of nitrogens with zero attached hydrogens (tertiary/aromatic N) is 1. The summed E-state index contributed by atoms with van der Waals surface area (Å²) < 4.78 is 0. The molecule has 0 bridgehead atoms. The molecule has 2 N–H and O–H groups in total. The second-order valence-corrected chi connectivity index (χ2v) is 6.78. The molecule has 3 aromatic carbocycles. The minimum absolute atomic E-state index is 0.00000283. The molecule has 1 amide bonds. The Morgan fingerprint density at radius 2 is 1.41 bits per heavy atom. The summed E-state index contributed by atoms with van der Waals surface area (Å²) in [6.45, 7) is 0. The van der Waals surface area contributed by atoms with Crippen molar-refractivity contribution in [2.24, 2.45) is 0 Å². The van der Waals surface area contributed by atoms with Crippen LogP contribution in [0, 0.1) is 0 Å². The van der Waals surface area contributed by atoms with Gasteiger partial charge in [-0.05, 0) is 29.8 Å². The highest BCUT2D eigenvalue weighted by Crippen LogP contribution is 2.31. The van der Waals surface area contributed by atoms with Gasteiger partial charge < -0.3 is 5.32 Å². The second-order valence-electron chi connectivity index (χ2n) is 6.34. The average Bonchev–Trinajstić information content (AvgIpc) is 2.76. The lowest BCUT2D eigenvalue weighted by Gasteiger charge is -2.14. The van der Waals surface area contributed by atoms with Gasteiger partial charge in [0.25, 0.3) is 11.5 Å². The summed E-state index contributed by atoms with van der Waals surface area (Å²) in [7, 11) is 0. The van der Waals surface area contributed by atoms with Crippen LogP contribution in [0.5, 0.6) is 0 Å². The molecule has 0 fully saturated rings. The van der Waals surface area contributed by atoms with E-state index in [9.17, 15) is 9.59 Å². The summed E-state index contributed by atoms with van der Waals surface area (Å²) >= 11 is 5.91. The second kappa shape index (κ2) is 8.12. The van der Waals surface area contributed by atoms with Crippen molar-refractivity contribution < 1.29 is 4.79 Å². The third kappa shape index (κ3) is 3.95. The molecule has 29 heavy (non-hydrogen) atoms. The molecule has 0 atom stereocenters. The summed E-state index contributed by atoms with van der Waals surface area (Å²) in [4.78, 5) is 25.8. The summed E-state index contributed by atoms with van der Waals surface area (Å²) in [6, 6.07) is 25.4. The van der Waals surface area contributed by atoms with Crippen molar-refractivity contribution in [1.29, 1.82) is 0 Å². The van der Waals surface area contributed by atoms with Crippen LogP contribution in [-0.4, -0.2) is 16.1 Å². The van der Waals surface area contributed by atoms with Gasteiger partial charge in [-0.1, -0.05) is 72.3 Å². The quantitative estimate of drug-likeness (QED) is 0.504. The number of rotatable bonds is 4. The molecule has 4 aromatic rings. The molecule has 0 unspecified atom stereocenters. The number of benzene rings is 3. The predicted molar refractivity (Wildman–Crippen MR) is 115 cm³/mol. The fourth-order valence-electron chi connectivity index (χ4n) is 3.08. The highest BCUT2D eigenvalue weighted by molar-refractivity contribution is 6.30. The van der Waals surface area contributed by atoms with Crippen molar-refractivity contribution in [2.75, 3.05) is 5.32 Å². The Balaban J connectivity index is 1.89. The Hall–Kier alpha value is -3.70. The van der Waals surface area contributed by atoms with Crippen LogP contribution in [0.3, 0.4) is 0 Å². The first-order chi connectivity index (χ1) is 14.1. The number of carbonyl (C=O) groups is 1. The average molecular weight is 402 g/mol. The number of nitrogens with one attached hydrogen (secondary N) is 2. The molecule has 0 saturated carbocycles. The van der Waals surface area contributed by atoms with Gasteiger partial charge >= 0.3 is 0 Å². The molecule has 5 nitrogen and oxygen atoms in total. The number of amides is 1. The van der Waals surface area contributed by atoms with Crippen molar-refractivity contribution >= 4 is 23.2 Å². The Labute approximate surface area is 172 Å². The van der Waals surface area contributed by atoms with E-state index in [2.05, 4.69) is 15.5 Å². The van der Waals surface area contributed by atoms with E-state index in [1.165, 1.54) is 0 Å². The Bertz CT molecular complexity index is 1200. The molecule has 4 rings (SSSR count). The lowest BCUT2D eigenvalue weighted by molar-refractivity contribution is 0.102. The number of anilines is 1. The van der Waals surface area contributed by atoms with E-state index in [-0.39, 0.29) is 5.56 Å². The van der Waals surface area contributed by atoms with Gasteiger partial charge in [0.15, 0.2) is 0 Å². The van der Waals surface area contributed by atoms with Gasteiger partial charge in [-0.25, -0.2) is 5.10 Å². The standard InChI is InChI=1S/C23H16ClN3O2/c24-17-11-13-18(14-12-17)25-22(28)20-19(15-7-3-1-4-8-15)21(26-27-23(20)29)16-9-5-2-6-10-16/h1-14H,(H,25,28)(H,27,29). The maximum absolute atomic E-state index is 13.1. The lowest BCUT2D eigenvalue weighted by Crippen LogP contribution is -2.26. The highest BCUT2D eigenvalue weighted by atomic mass is 35.5. The van der Waals surface area contributed by atoms with Gasteiger partial charge in [0.1, 0.15) is 5.56 Å². The topological polar surface area (TPSA) is 74.8 Å². The van der Waals surface area contributed by atoms with E-state index < -0.39 is 11.5 Å². The molecule has 0 radical (unpaired) electrons. The first-order valence-electron chi connectivity index (χ1n) is 8.94. The van der Waals surface area contributed by atoms with E-state index >= 15 is 0 Å². The Morgan fingerprint density at radius 3 is 2.03 bits per heavy atom. The van der Waals surface area contributed by atoms with Crippen LogP contribution in [0.25, 0.3) is 22.4 Å². The zero-order valence-electron chi connectivity index (χ0n) is 15.2. The molecule has 0 aliphatic heterocycles. The number of hydrogen-bond donors (Lipinski definition) is 2. The van der Waals surface area contributed by atoms with E-state index in [4.69, 9.17) is 11.6 Å². The fourth-order valence-corrected chi connectivity index (χ4v) is 3.21. The van der Waals surface area contributed by atoms with Crippen LogP contribution >= 0.6 is 11.6 Å². The molecule has 0 aliphatic carbocycles. The summed E-state index contributed by atoms with van der Waals surface area (Å²) in [5.41, 5.74) is 2.50. The number of carbonyl (C=O) groups excluding carboxylic acids is 1. The monoisotopic (exact) mass is 401 g/mol. The number of H-pyrrole nitrogens is 1. The van der Waals surface area contributed by atoms with E-state index in [0.29, 0.717) is 22.0 Å². The molecule has 1 heterocycles. The third-order valence-electron chi connectivity index (χ3n) is 4.42. The van der Waals surface area contributed by atoms with Crippen LogP contribution in [0.1, 0.15) is 10.4 Å². The number of hydrogen-bond acceptors (Lipinski definition) is 3. The highest BCUT2D eigenvalue weighted by Gasteiger charge is 2.23. The summed E-state index contributed by atoms with van der Waals surface area (Å²) in [6.07, 6.45) is 0. The zero-order chi connectivity index (χ0) is 20.2. The molecule has 142 valence electrons. The third-order valence-corrected chi connectivity index (χ3v) is 4.67. The molecular formula is C23H16ClN3O2. The predicted octanol–water partition coefficient (Wildman–Crippen LogP) is 5.01. The van der Waals surface area contributed by atoms with Crippen molar-refractivity contribution in [1.82, 2.24) is 10.2 Å². The number of aromatic nitrogens is 2. The first kappa shape index (κ1) is 18.7. The smallest absolute Gasteiger partial charge is 0.277 e. The van der Waals surface area contributed by atoms with E-state index in [0.717, 1.165) is 11.1 Å². The minimum atomic E-state index is -0.560. The fraction of sp³-hybridized carbons (Fsp3) is 0. The number of aromatic amines is 1. The van der Waals surface area contributed by atoms with Crippen LogP contribution in [-0.2, 0) is 0 Å². The van der Waals surface area contributed by atoms with Crippen LogP contribution in [0.4, 0.5) is 5.69 Å². The molecule has 0 saturated heterocycles. The van der Waals surface area contributed by atoms with Gasteiger partial charge in [-0.2, -0.15) is 5.10 Å². The minimum Gasteiger partial charge on any atom is -0.322 e. The van der Waals surface area contributed by atoms with Crippen molar-refractivity contribution in [3.05, 3.63) is 106 Å². The van der Waals surface area contributed by atoms with E-state index in [1.54, 1.807) is 24.3 Å². The Kier molecular flexibility index (Phi) is 5.22. The number of halogens is 1. The summed E-state index contributed by atoms with van der Waals surface area (Å²) in [5.74, 6) is -0.521. The maximum Gasteiger partial charge on any atom is 0.277 e. The van der Waals surface area contributed by atoms with Crippen LogP contribution in [0.2, 0.25) is 5.02 Å². The van der Waals surface area contributed by atoms with Gasteiger partial charge in [-0.3, -0.25) is 9.59 Å². The zero-order valence-corrected chi connectivity index (χ0v) is 16.0.